The molecule has 0 unspecified atom stereocenters. The van der Waals surface area contributed by atoms with Crippen molar-refractivity contribution in [1.29, 1.82) is 0 Å². The maximum Gasteiger partial charge on any atom is 0.255 e. The van der Waals surface area contributed by atoms with E-state index in [2.05, 4.69) is 26.6 Å². The van der Waals surface area contributed by atoms with Gasteiger partial charge in [0.1, 0.15) is 5.75 Å². The lowest BCUT2D eigenvalue weighted by molar-refractivity contribution is 0.0954. The van der Waals surface area contributed by atoms with E-state index in [9.17, 15) is 9.59 Å². The van der Waals surface area contributed by atoms with Gasteiger partial charge in [-0.3, -0.25) is 9.59 Å². The average molecular weight is 377 g/mol. The molecule has 0 aliphatic carbocycles. The first-order chi connectivity index (χ1) is 11.0. The number of carbonyl (C=O) groups is 2. The maximum atomic E-state index is 12.3. The second-order valence-electron chi connectivity index (χ2n) is 4.74. The van der Waals surface area contributed by atoms with E-state index < -0.39 is 0 Å². The van der Waals surface area contributed by atoms with Crippen LogP contribution in [0, 0.1) is 0 Å². The zero-order valence-corrected chi connectivity index (χ0v) is 14.4. The van der Waals surface area contributed by atoms with Crippen molar-refractivity contribution < 1.29 is 14.3 Å². The smallest absolute Gasteiger partial charge is 0.255 e. The Hall–Kier alpha value is -2.34. The van der Waals surface area contributed by atoms with Crippen LogP contribution in [0.5, 0.6) is 5.75 Å². The number of halogens is 1. The SMILES string of the molecule is CCNC(=O)c1cccc(NC(=O)c2ccc(OC)c(Br)c2)c1. The summed E-state index contributed by atoms with van der Waals surface area (Å²) in [6.45, 7) is 2.40. The molecular weight excluding hydrogens is 360 g/mol. The summed E-state index contributed by atoms with van der Waals surface area (Å²) < 4.78 is 5.84. The van der Waals surface area contributed by atoms with Gasteiger partial charge in [-0.2, -0.15) is 0 Å². The van der Waals surface area contributed by atoms with E-state index in [0.717, 1.165) is 0 Å². The average Bonchev–Trinajstić information content (AvgIpc) is 2.55. The fourth-order valence-corrected chi connectivity index (χ4v) is 2.55. The molecule has 23 heavy (non-hydrogen) atoms. The Kier molecular flexibility index (Phi) is 5.76. The highest BCUT2D eigenvalue weighted by Crippen LogP contribution is 2.26. The van der Waals surface area contributed by atoms with Gasteiger partial charge in [0.15, 0.2) is 0 Å². The quantitative estimate of drug-likeness (QED) is 0.839. The predicted octanol–water partition coefficient (Wildman–Crippen LogP) is 3.46. The minimum Gasteiger partial charge on any atom is -0.496 e. The molecule has 0 saturated heterocycles. The molecule has 0 aliphatic rings. The molecule has 0 bridgehead atoms. The van der Waals surface area contributed by atoms with Crippen molar-refractivity contribution >= 4 is 33.4 Å². The predicted molar refractivity (Wildman–Crippen MR) is 93.1 cm³/mol. The Labute approximate surface area is 143 Å². The van der Waals surface area contributed by atoms with E-state index in [-0.39, 0.29) is 11.8 Å². The lowest BCUT2D eigenvalue weighted by Gasteiger charge is -2.09. The Balaban J connectivity index is 2.15. The van der Waals surface area contributed by atoms with Crippen LogP contribution in [0.1, 0.15) is 27.6 Å². The van der Waals surface area contributed by atoms with Crippen LogP contribution in [0.2, 0.25) is 0 Å². The van der Waals surface area contributed by atoms with Crippen LogP contribution in [0.15, 0.2) is 46.9 Å². The fraction of sp³-hybridized carbons (Fsp3) is 0.176. The summed E-state index contributed by atoms with van der Waals surface area (Å²) in [5, 5.41) is 5.50. The Morgan fingerprint density at radius 1 is 1.09 bits per heavy atom. The van der Waals surface area contributed by atoms with Gasteiger partial charge in [0, 0.05) is 23.4 Å². The lowest BCUT2D eigenvalue weighted by Crippen LogP contribution is -2.22. The van der Waals surface area contributed by atoms with Gasteiger partial charge in [-0.05, 0) is 59.3 Å². The van der Waals surface area contributed by atoms with E-state index in [4.69, 9.17) is 4.74 Å². The van der Waals surface area contributed by atoms with Crippen LogP contribution in [-0.2, 0) is 0 Å². The number of rotatable bonds is 5. The highest BCUT2D eigenvalue weighted by molar-refractivity contribution is 9.10. The largest absolute Gasteiger partial charge is 0.496 e. The van der Waals surface area contributed by atoms with Crippen LogP contribution in [0.4, 0.5) is 5.69 Å². The molecule has 2 aromatic rings. The normalized spacial score (nSPS) is 10.0. The number of hydrogen-bond acceptors (Lipinski definition) is 3. The molecule has 0 fully saturated rings. The van der Waals surface area contributed by atoms with Crippen LogP contribution >= 0.6 is 15.9 Å². The third kappa shape index (κ3) is 4.32. The number of carbonyl (C=O) groups excluding carboxylic acids is 2. The first-order valence-electron chi connectivity index (χ1n) is 7.08. The molecule has 2 amide bonds. The standard InChI is InChI=1S/C17H17BrN2O3/c1-3-19-16(21)11-5-4-6-13(9-11)20-17(22)12-7-8-15(23-2)14(18)10-12/h4-10H,3H2,1-2H3,(H,19,21)(H,20,22). The second-order valence-corrected chi connectivity index (χ2v) is 5.60. The summed E-state index contributed by atoms with van der Waals surface area (Å²) in [5.41, 5.74) is 1.55. The molecule has 0 aromatic heterocycles. The monoisotopic (exact) mass is 376 g/mol. The summed E-state index contributed by atoms with van der Waals surface area (Å²) in [4.78, 5) is 24.1. The zero-order chi connectivity index (χ0) is 16.8. The molecular formula is C17H17BrN2O3. The number of benzene rings is 2. The van der Waals surface area contributed by atoms with E-state index >= 15 is 0 Å². The molecule has 2 rings (SSSR count). The molecule has 5 nitrogen and oxygen atoms in total. The number of ether oxygens (including phenoxy) is 1. The van der Waals surface area contributed by atoms with Crippen molar-refractivity contribution in [3.8, 4) is 5.75 Å². The van der Waals surface area contributed by atoms with Crippen LogP contribution in [-0.4, -0.2) is 25.5 Å². The second kappa shape index (κ2) is 7.78. The van der Waals surface area contributed by atoms with Crippen molar-refractivity contribution in [2.45, 2.75) is 6.92 Å². The van der Waals surface area contributed by atoms with Gasteiger partial charge in [-0.1, -0.05) is 6.07 Å². The molecule has 0 radical (unpaired) electrons. The molecule has 0 aliphatic heterocycles. The Morgan fingerprint density at radius 3 is 2.48 bits per heavy atom. The summed E-state index contributed by atoms with van der Waals surface area (Å²) in [7, 11) is 1.56. The zero-order valence-electron chi connectivity index (χ0n) is 12.9. The molecule has 0 spiro atoms. The van der Waals surface area contributed by atoms with Crippen molar-refractivity contribution in [1.82, 2.24) is 5.32 Å². The molecule has 2 N–H and O–H groups in total. The van der Waals surface area contributed by atoms with Crippen LogP contribution in [0.3, 0.4) is 0 Å². The van der Waals surface area contributed by atoms with Gasteiger partial charge < -0.3 is 15.4 Å². The molecule has 0 saturated carbocycles. The van der Waals surface area contributed by atoms with Crippen molar-refractivity contribution in [3.63, 3.8) is 0 Å². The van der Waals surface area contributed by atoms with Crippen molar-refractivity contribution in [3.05, 3.63) is 58.1 Å². The third-order valence-corrected chi connectivity index (χ3v) is 3.75. The Bertz CT molecular complexity index is 732. The molecule has 120 valence electrons. The summed E-state index contributed by atoms with van der Waals surface area (Å²) in [6, 6.07) is 11.9. The lowest BCUT2D eigenvalue weighted by atomic mass is 10.1. The number of nitrogens with one attached hydrogen (secondary N) is 2. The number of hydrogen-bond donors (Lipinski definition) is 2. The molecule has 6 heteroatoms. The summed E-state index contributed by atoms with van der Waals surface area (Å²) in [5.74, 6) is 0.219. The molecule has 0 heterocycles. The van der Waals surface area contributed by atoms with E-state index in [1.807, 2.05) is 6.92 Å². The van der Waals surface area contributed by atoms with E-state index in [0.29, 0.717) is 33.6 Å². The molecule has 2 aromatic carbocycles. The van der Waals surface area contributed by atoms with Crippen molar-refractivity contribution in [2.24, 2.45) is 0 Å². The third-order valence-electron chi connectivity index (χ3n) is 3.13. The number of amides is 2. The van der Waals surface area contributed by atoms with Crippen LogP contribution < -0.4 is 15.4 Å². The van der Waals surface area contributed by atoms with Gasteiger partial charge in [0.05, 0.1) is 11.6 Å². The minimum atomic E-state index is -0.263. The number of anilines is 1. The maximum absolute atomic E-state index is 12.3. The van der Waals surface area contributed by atoms with Gasteiger partial charge in [0.25, 0.3) is 11.8 Å². The van der Waals surface area contributed by atoms with Gasteiger partial charge in [-0.15, -0.1) is 0 Å². The summed E-state index contributed by atoms with van der Waals surface area (Å²) in [6.07, 6.45) is 0. The minimum absolute atomic E-state index is 0.171. The van der Waals surface area contributed by atoms with Gasteiger partial charge in [0.2, 0.25) is 0 Å². The highest BCUT2D eigenvalue weighted by Gasteiger charge is 2.11. The van der Waals surface area contributed by atoms with E-state index in [1.54, 1.807) is 49.6 Å². The van der Waals surface area contributed by atoms with Gasteiger partial charge in [-0.25, -0.2) is 0 Å². The van der Waals surface area contributed by atoms with Gasteiger partial charge >= 0.3 is 0 Å². The first kappa shape index (κ1) is 17.0. The van der Waals surface area contributed by atoms with Crippen molar-refractivity contribution in [2.75, 3.05) is 19.0 Å². The summed E-state index contributed by atoms with van der Waals surface area (Å²) >= 11 is 3.35. The van der Waals surface area contributed by atoms with E-state index in [1.165, 1.54) is 0 Å². The Morgan fingerprint density at radius 2 is 1.83 bits per heavy atom. The fourth-order valence-electron chi connectivity index (χ4n) is 2.01. The highest BCUT2D eigenvalue weighted by atomic mass is 79.9. The number of methoxy groups -OCH3 is 1. The van der Waals surface area contributed by atoms with Crippen LogP contribution in [0.25, 0.3) is 0 Å². The molecule has 0 atom stereocenters. The topological polar surface area (TPSA) is 67.4 Å². The first-order valence-corrected chi connectivity index (χ1v) is 7.87.